The van der Waals surface area contributed by atoms with Crippen LogP contribution in [0.1, 0.15) is 39.5 Å². The first-order valence-corrected chi connectivity index (χ1v) is 4.59. The highest BCUT2D eigenvalue weighted by atomic mass is 14.8. The van der Waals surface area contributed by atoms with Crippen LogP contribution in [0.3, 0.4) is 0 Å². The molecule has 1 aliphatic carbocycles. The van der Waals surface area contributed by atoms with E-state index in [0.717, 1.165) is 19.3 Å². The molecule has 2 atom stereocenters. The third-order valence-corrected chi connectivity index (χ3v) is 3.01. The average molecular weight is 156 g/mol. The molecule has 1 rings (SSSR count). The Morgan fingerprint density at radius 3 is 2.45 bits per heavy atom. The zero-order valence-electron chi connectivity index (χ0n) is 7.64. The van der Waals surface area contributed by atoms with Gasteiger partial charge in [-0.2, -0.15) is 0 Å². The Morgan fingerprint density at radius 1 is 1.45 bits per heavy atom. The van der Waals surface area contributed by atoms with Crippen LogP contribution in [0.5, 0.6) is 0 Å². The average Bonchev–Trinajstić information content (AvgIpc) is 1.86. The van der Waals surface area contributed by atoms with Gasteiger partial charge < -0.3 is 11.5 Å². The first-order chi connectivity index (χ1) is 5.04. The van der Waals surface area contributed by atoms with E-state index in [2.05, 4.69) is 13.8 Å². The number of nitrogens with two attached hydrogens (primary N) is 2. The molecule has 1 saturated carbocycles. The lowest BCUT2D eigenvalue weighted by atomic mass is 9.73. The van der Waals surface area contributed by atoms with Crippen LogP contribution in [-0.2, 0) is 0 Å². The van der Waals surface area contributed by atoms with Crippen molar-refractivity contribution < 1.29 is 0 Å². The minimum absolute atomic E-state index is 0.0255. The molecule has 11 heavy (non-hydrogen) atoms. The minimum atomic E-state index is 0.0255. The fourth-order valence-electron chi connectivity index (χ4n) is 1.91. The highest BCUT2D eigenvalue weighted by Crippen LogP contribution is 2.31. The van der Waals surface area contributed by atoms with Gasteiger partial charge in [0.15, 0.2) is 0 Å². The summed E-state index contributed by atoms with van der Waals surface area (Å²) < 4.78 is 0. The molecule has 0 aromatic heterocycles. The Balaban J connectivity index is 2.55. The fraction of sp³-hybridized carbons (Fsp3) is 1.00. The van der Waals surface area contributed by atoms with Crippen molar-refractivity contribution in [2.75, 3.05) is 0 Å². The van der Waals surface area contributed by atoms with Crippen molar-refractivity contribution in [3.63, 3.8) is 0 Å². The second-order valence-corrected chi connectivity index (χ2v) is 4.24. The predicted molar refractivity (Wildman–Crippen MR) is 48.2 cm³/mol. The van der Waals surface area contributed by atoms with E-state index in [4.69, 9.17) is 11.5 Å². The lowest BCUT2D eigenvalue weighted by molar-refractivity contribution is 0.204. The second kappa shape index (κ2) is 3.11. The van der Waals surface area contributed by atoms with E-state index in [9.17, 15) is 0 Å². The first-order valence-electron chi connectivity index (χ1n) is 4.59. The lowest BCUT2D eigenvalue weighted by Crippen LogP contribution is -2.51. The fourth-order valence-corrected chi connectivity index (χ4v) is 1.91. The third kappa shape index (κ3) is 1.94. The maximum Gasteiger partial charge on any atom is 0.0192 e. The molecule has 0 aliphatic heterocycles. The highest BCUT2D eigenvalue weighted by molar-refractivity contribution is 4.94. The van der Waals surface area contributed by atoms with Crippen molar-refractivity contribution in [1.82, 2.24) is 0 Å². The molecule has 1 fully saturated rings. The molecule has 2 nitrogen and oxygen atoms in total. The van der Waals surface area contributed by atoms with Gasteiger partial charge in [-0.15, -0.1) is 0 Å². The molecular formula is C9H20N2. The van der Waals surface area contributed by atoms with Crippen LogP contribution in [0.15, 0.2) is 0 Å². The SMILES string of the molecule is CC(C)C1(N)CCCC(N)C1. The molecule has 0 saturated heterocycles. The van der Waals surface area contributed by atoms with E-state index in [1.165, 1.54) is 6.42 Å². The summed E-state index contributed by atoms with van der Waals surface area (Å²) in [6.07, 6.45) is 4.52. The smallest absolute Gasteiger partial charge is 0.0192 e. The molecule has 0 radical (unpaired) electrons. The van der Waals surface area contributed by atoms with Gasteiger partial charge in [0.2, 0.25) is 0 Å². The molecule has 0 heterocycles. The summed E-state index contributed by atoms with van der Waals surface area (Å²) in [5.74, 6) is 0.564. The summed E-state index contributed by atoms with van der Waals surface area (Å²) in [6.45, 7) is 4.38. The zero-order valence-corrected chi connectivity index (χ0v) is 7.64. The Hall–Kier alpha value is -0.0800. The summed E-state index contributed by atoms with van der Waals surface area (Å²) in [4.78, 5) is 0. The molecule has 0 spiro atoms. The van der Waals surface area contributed by atoms with Gasteiger partial charge in [0, 0.05) is 11.6 Å². The molecule has 66 valence electrons. The summed E-state index contributed by atoms with van der Waals surface area (Å²) in [7, 11) is 0. The van der Waals surface area contributed by atoms with Gasteiger partial charge in [-0.1, -0.05) is 20.3 Å². The van der Waals surface area contributed by atoms with Crippen LogP contribution in [0.2, 0.25) is 0 Å². The number of hydrogen-bond donors (Lipinski definition) is 2. The summed E-state index contributed by atoms with van der Waals surface area (Å²) in [5, 5.41) is 0. The van der Waals surface area contributed by atoms with E-state index in [1.54, 1.807) is 0 Å². The van der Waals surface area contributed by atoms with Crippen molar-refractivity contribution in [3.8, 4) is 0 Å². The van der Waals surface area contributed by atoms with E-state index in [0.29, 0.717) is 12.0 Å². The molecule has 2 unspecified atom stereocenters. The standard InChI is InChI=1S/C9H20N2/c1-7(2)9(11)5-3-4-8(10)6-9/h7-8H,3-6,10-11H2,1-2H3. The minimum Gasteiger partial charge on any atom is -0.328 e. The molecule has 0 aromatic rings. The quantitative estimate of drug-likeness (QED) is 0.600. The van der Waals surface area contributed by atoms with Crippen molar-refractivity contribution >= 4 is 0 Å². The molecule has 2 heteroatoms. The maximum absolute atomic E-state index is 6.21. The largest absolute Gasteiger partial charge is 0.328 e. The first kappa shape index (κ1) is 9.01. The van der Waals surface area contributed by atoms with Crippen molar-refractivity contribution in [1.29, 1.82) is 0 Å². The summed E-state index contributed by atoms with van der Waals surface area (Å²) in [6, 6.07) is 0.344. The van der Waals surface area contributed by atoms with Crippen molar-refractivity contribution in [2.45, 2.75) is 51.1 Å². The lowest BCUT2D eigenvalue weighted by Gasteiger charge is -2.39. The van der Waals surface area contributed by atoms with Gasteiger partial charge in [0.05, 0.1) is 0 Å². The normalized spacial score (nSPS) is 39.5. The predicted octanol–water partition coefficient (Wildman–Crippen LogP) is 1.24. The third-order valence-electron chi connectivity index (χ3n) is 3.01. The van der Waals surface area contributed by atoms with Gasteiger partial charge >= 0.3 is 0 Å². The highest BCUT2D eigenvalue weighted by Gasteiger charge is 2.33. The van der Waals surface area contributed by atoms with Gasteiger partial charge in [-0.25, -0.2) is 0 Å². The Labute approximate surface area is 69.3 Å². The summed E-state index contributed by atoms with van der Waals surface area (Å²) >= 11 is 0. The Morgan fingerprint density at radius 2 is 2.09 bits per heavy atom. The van der Waals surface area contributed by atoms with E-state index < -0.39 is 0 Å². The van der Waals surface area contributed by atoms with Crippen LogP contribution >= 0.6 is 0 Å². The van der Waals surface area contributed by atoms with Gasteiger partial charge in [0.25, 0.3) is 0 Å². The van der Waals surface area contributed by atoms with E-state index >= 15 is 0 Å². The van der Waals surface area contributed by atoms with Crippen LogP contribution in [0.25, 0.3) is 0 Å². The molecular weight excluding hydrogens is 136 g/mol. The van der Waals surface area contributed by atoms with Crippen LogP contribution < -0.4 is 11.5 Å². The van der Waals surface area contributed by atoms with Crippen LogP contribution in [-0.4, -0.2) is 11.6 Å². The number of rotatable bonds is 1. The summed E-state index contributed by atoms with van der Waals surface area (Å²) in [5.41, 5.74) is 12.1. The van der Waals surface area contributed by atoms with E-state index in [-0.39, 0.29) is 5.54 Å². The molecule has 0 aromatic carbocycles. The zero-order chi connectivity index (χ0) is 8.48. The van der Waals surface area contributed by atoms with Gasteiger partial charge in [-0.05, 0) is 25.2 Å². The van der Waals surface area contributed by atoms with Crippen LogP contribution in [0.4, 0.5) is 0 Å². The van der Waals surface area contributed by atoms with Crippen molar-refractivity contribution in [2.24, 2.45) is 17.4 Å². The van der Waals surface area contributed by atoms with E-state index in [1.807, 2.05) is 0 Å². The second-order valence-electron chi connectivity index (χ2n) is 4.24. The topological polar surface area (TPSA) is 52.0 Å². The Kier molecular flexibility index (Phi) is 2.55. The molecule has 0 bridgehead atoms. The van der Waals surface area contributed by atoms with Crippen LogP contribution in [0, 0.1) is 5.92 Å². The monoisotopic (exact) mass is 156 g/mol. The maximum atomic E-state index is 6.21. The molecule has 1 aliphatic rings. The van der Waals surface area contributed by atoms with Gasteiger partial charge in [-0.3, -0.25) is 0 Å². The molecule has 0 amide bonds. The molecule has 4 N–H and O–H groups in total. The van der Waals surface area contributed by atoms with Crippen molar-refractivity contribution in [3.05, 3.63) is 0 Å². The van der Waals surface area contributed by atoms with Gasteiger partial charge in [0.1, 0.15) is 0 Å². The Bertz CT molecular complexity index is 134. The number of hydrogen-bond acceptors (Lipinski definition) is 2.